The van der Waals surface area contributed by atoms with E-state index in [2.05, 4.69) is 31.3 Å². The maximum absolute atomic E-state index is 10.6. The van der Waals surface area contributed by atoms with Crippen molar-refractivity contribution >= 4 is 17.0 Å². The Morgan fingerprint density at radius 3 is 2.47 bits per heavy atom. The van der Waals surface area contributed by atoms with Crippen molar-refractivity contribution in [3.63, 3.8) is 0 Å². The molecule has 1 atom stereocenters. The van der Waals surface area contributed by atoms with Crippen LogP contribution in [0, 0.1) is 17.0 Å². The van der Waals surface area contributed by atoms with E-state index in [-0.39, 0.29) is 16.7 Å². The van der Waals surface area contributed by atoms with Crippen molar-refractivity contribution in [3.8, 4) is 0 Å². The molecule has 0 bridgehead atoms. The molecular formula is C14H16N2O2S. The van der Waals surface area contributed by atoms with Crippen LogP contribution in [0.1, 0.15) is 28.3 Å². The van der Waals surface area contributed by atoms with Crippen molar-refractivity contribution in [2.24, 2.45) is 0 Å². The van der Waals surface area contributed by atoms with Crippen LogP contribution in [0.3, 0.4) is 0 Å². The van der Waals surface area contributed by atoms with Crippen molar-refractivity contribution in [1.82, 2.24) is 5.32 Å². The number of nitrogens with one attached hydrogen (secondary N) is 1. The number of aryl methyl sites for hydroxylation is 1. The highest BCUT2D eigenvalue weighted by Crippen LogP contribution is 2.19. The number of non-ortho nitro benzene ring substituents is 1. The van der Waals surface area contributed by atoms with Crippen LogP contribution in [0.4, 0.5) is 5.69 Å². The van der Waals surface area contributed by atoms with Crippen molar-refractivity contribution in [1.29, 1.82) is 0 Å². The van der Waals surface area contributed by atoms with Gasteiger partial charge in [-0.15, -0.1) is 11.3 Å². The minimum atomic E-state index is -0.379. The molecule has 19 heavy (non-hydrogen) atoms. The van der Waals surface area contributed by atoms with E-state index in [1.165, 1.54) is 9.75 Å². The predicted molar refractivity (Wildman–Crippen MR) is 77.4 cm³/mol. The molecule has 0 aliphatic rings. The van der Waals surface area contributed by atoms with Gasteiger partial charge in [0.05, 0.1) is 4.92 Å². The maximum Gasteiger partial charge on any atom is 0.269 e. The van der Waals surface area contributed by atoms with E-state index in [1.54, 1.807) is 35.6 Å². The molecule has 1 aromatic heterocycles. The van der Waals surface area contributed by atoms with E-state index >= 15 is 0 Å². The van der Waals surface area contributed by atoms with Gasteiger partial charge in [0.15, 0.2) is 0 Å². The Labute approximate surface area is 116 Å². The van der Waals surface area contributed by atoms with Gasteiger partial charge in [-0.25, -0.2) is 0 Å². The molecule has 100 valence electrons. The number of thiophene rings is 1. The first-order valence-electron chi connectivity index (χ1n) is 6.09. The van der Waals surface area contributed by atoms with Crippen LogP contribution < -0.4 is 5.32 Å². The summed E-state index contributed by atoms with van der Waals surface area (Å²) in [4.78, 5) is 12.8. The monoisotopic (exact) mass is 276 g/mol. The fourth-order valence-corrected chi connectivity index (χ4v) is 2.68. The molecule has 0 spiro atoms. The molecule has 0 fully saturated rings. The average Bonchev–Trinajstić information content (AvgIpc) is 2.82. The molecule has 0 aliphatic carbocycles. The van der Waals surface area contributed by atoms with Gasteiger partial charge in [-0.2, -0.15) is 0 Å². The summed E-state index contributed by atoms with van der Waals surface area (Å²) in [5, 5.41) is 14.0. The van der Waals surface area contributed by atoms with E-state index in [1.807, 2.05) is 0 Å². The highest BCUT2D eigenvalue weighted by molar-refractivity contribution is 7.11. The molecule has 1 N–H and O–H groups in total. The van der Waals surface area contributed by atoms with Crippen molar-refractivity contribution in [2.75, 3.05) is 0 Å². The smallest absolute Gasteiger partial charge is 0.269 e. The lowest BCUT2D eigenvalue weighted by atomic mass is 10.1. The van der Waals surface area contributed by atoms with E-state index in [0.29, 0.717) is 0 Å². The fraction of sp³-hybridized carbons (Fsp3) is 0.286. The Kier molecular flexibility index (Phi) is 4.29. The molecule has 5 heteroatoms. The third-order valence-corrected chi connectivity index (χ3v) is 3.98. The first-order chi connectivity index (χ1) is 9.06. The highest BCUT2D eigenvalue weighted by atomic mass is 32.1. The van der Waals surface area contributed by atoms with Crippen molar-refractivity contribution < 1.29 is 4.92 Å². The average molecular weight is 276 g/mol. The molecule has 1 heterocycles. The molecule has 0 amide bonds. The summed E-state index contributed by atoms with van der Waals surface area (Å²) < 4.78 is 0. The maximum atomic E-state index is 10.6. The second-order valence-electron chi connectivity index (χ2n) is 4.46. The van der Waals surface area contributed by atoms with Crippen LogP contribution in [0.2, 0.25) is 0 Å². The minimum absolute atomic E-state index is 0.129. The van der Waals surface area contributed by atoms with Crippen LogP contribution in [0.15, 0.2) is 36.4 Å². The van der Waals surface area contributed by atoms with Gasteiger partial charge in [0, 0.05) is 34.5 Å². The SMILES string of the molecule is Cc1ccc(CNC(C)c2ccc([N+](=O)[O-])cc2)s1. The van der Waals surface area contributed by atoms with Crippen LogP contribution in [-0.4, -0.2) is 4.92 Å². The lowest BCUT2D eigenvalue weighted by molar-refractivity contribution is -0.384. The molecule has 2 aromatic rings. The Balaban J connectivity index is 1.95. The number of hydrogen-bond acceptors (Lipinski definition) is 4. The second kappa shape index (κ2) is 5.95. The summed E-state index contributed by atoms with van der Waals surface area (Å²) in [5.41, 5.74) is 1.18. The Morgan fingerprint density at radius 1 is 1.26 bits per heavy atom. The number of hydrogen-bond donors (Lipinski definition) is 1. The van der Waals surface area contributed by atoms with Gasteiger partial charge in [0.1, 0.15) is 0 Å². The zero-order valence-electron chi connectivity index (χ0n) is 10.9. The largest absolute Gasteiger partial charge is 0.305 e. The normalized spacial score (nSPS) is 12.3. The van der Waals surface area contributed by atoms with Crippen LogP contribution in [0.5, 0.6) is 0 Å². The first kappa shape index (κ1) is 13.7. The molecule has 0 saturated heterocycles. The third-order valence-electron chi connectivity index (χ3n) is 2.98. The van der Waals surface area contributed by atoms with E-state index in [4.69, 9.17) is 0 Å². The zero-order valence-corrected chi connectivity index (χ0v) is 11.7. The number of nitrogens with zero attached hydrogens (tertiary/aromatic N) is 1. The Morgan fingerprint density at radius 2 is 1.95 bits per heavy atom. The van der Waals surface area contributed by atoms with Gasteiger partial charge >= 0.3 is 0 Å². The summed E-state index contributed by atoms with van der Waals surface area (Å²) in [6.07, 6.45) is 0. The predicted octanol–water partition coefficient (Wildman–Crippen LogP) is 3.82. The molecule has 1 aromatic carbocycles. The van der Waals surface area contributed by atoms with E-state index < -0.39 is 0 Å². The lowest BCUT2D eigenvalue weighted by Crippen LogP contribution is -2.17. The van der Waals surface area contributed by atoms with Gasteiger partial charge in [0.25, 0.3) is 5.69 Å². The van der Waals surface area contributed by atoms with E-state index in [9.17, 15) is 10.1 Å². The van der Waals surface area contributed by atoms with E-state index in [0.717, 1.165) is 12.1 Å². The van der Waals surface area contributed by atoms with Gasteiger partial charge < -0.3 is 5.32 Å². The molecule has 0 radical (unpaired) electrons. The van der Waals surface area contributed by atoms with Crippen LogP contribution in [0.25, 0.3) is 0 Å². The quantitative estimate of drug-likeness (QED) is 0.667. The fourth-order valence-electron chi connectivity index (χ4n) is 1.84. The first-order valence-corrected chi connectivity index (χ1v) is 6.91. The topological polar surface area (TPSA) is 55.2 Å². The minimum Gasteiger partial charge on any atom is -0.305 e. The second-order valence-corrected chi connectivity index (χ2v) is 5.84. The van der Waals surface area contributed by atoms with Gasteiger partial charge in [-0.05, 0) is 31.5 Å². The molecule has 2 rings (SSSR count). The summed E-state index contributed by atoms with van der Waals surface area (Å²) in [7, 11) is 0. The number of nitro benzene ring substituents is 1. The van der Waals surface area contributed by atoms with Crippen molar-refractivity contribution in [3.05, 3.63) is 61.8 Å². The summed E-state index contributed by atoms with van der Waals surface area (Å²) in [5.74, 6) is 0. The number of nitro groups is 1. The third kappa shape index (κ3) is 3.62. The van der Waals surface area contributed by atoms with Gasteiger partial charge in [-0.3, -0.25) is 10.1 Å². The Hall–Kier alpha value is -1.72. The molecule has 0 aliphatic heterocycles. The summed E-state index contributed by atoms with van der Waals surface area (Å²) in [6.45, 7) is 4.96. The van der Waals surface area contributed by atoms with Gasteiger partial charge in [0.2, 0.25) is 0 Å². The molecule has 4 nitrogen and oxygen atoms in total. The van der Waals surface area contributed by atoms with Crippen molar-refractivity contribution in [2.45, 2.75) is 26.4 Å². The van der Waals surface area contributed by atoms with Gasteiger partial charge in [-0.1, -0.05) is 12.1 Å². The molecule has 1 unspecified atom stereocenters. The lowest BCUT2D eigenvalue weighted by Gasteiger charge is -2.13. The zero-order chi connectivity index (χ0) is 13.8. The Bertz CT molecular complexity index is 563. The molecular weight excluding hydrogens is 260 g/mol. The molecule has 0 saturated carbocycles. The van der Waals surface area contributed by atoms with Crippen LogP contribution >= 0.6 is 11.3 Å². The standard InChI is InChI=1S/C14H16N2O2S/c1-10-3-8-14(19-10)9-15-11(2)12-4-6-13(7-5-12)16(17)18/h3-8,11,15H,9H2,1-2H3. The summed E-state index contributed by atoms with van der Waals surface area (Å²) in [6, 6.07) is 11.1. The number of benzene rings is 1. The highest BCUT2D eigenvalue weighted by Gasteiger charge is 2.09. The summed E-state index contributed by atoms with van der Waals surface area (Å²) >= 11 is 1.78. The van der Waals surface area contributed by atoms with Crippen LogP contribution in [-0.2, 0) is 6.54 Å². The number of rotatable bonds is 5.